The summed E-state index contributed by atoms with van der Waals surface area (Å²) in [7, 11) is 0. The molecule has 4 rings (SSSR count). The number of pyridine rings is 1. The van der Waals surface area contributed by atoms with Gasteiger partial charge in [0.2, 0.25) is 0 Å². The molecule has 0 atom stereocenters. The van der Waals surface area contributed by atoms with Gasteiger partial charge >= 0.3 is 0 Å². The van der Waals surface area contributed by atoms with Crippen molar-refractivity contribution in [3.05, 3.63) is 76.4 Å². The van der Waals surface area contributed by atoms with E-state index in [0.717, 1.165) is 15.7 Å². The maximum Gasteiger partial charge on any atom is 0.0705 e. The Labute approximate surface area is 171 Å². The molecule has 2 aromatic carbocycles. The minimum absolute atomic E-state index is 0.198. The Kier molecular flexibility index (Phi) is 4.50. The van der Waals surface area contributed by atoms with Gasteiger partial charge in [-0.2, -0.15) is 0 Å². The summed E-state index contributed by atoms with van der Waals surface area (Å²) in [5.74, 6) is 0. The van der Waals surface area contributed by atoms with Crippen LogP contribution >= 0.6 is 15.9 Å². The molecule has 1 aromatic heterocycles. The summed E-state index contributed by atoms with van der Waals surface area (Å²) >= 11 is 3.77. The van der Waals surface area contributed by atoms with Gasteiger partial charge in [0.15, 0.2) is 0 Å². The van der Waals surface area contributed by atoms with E-state index in [1.807, 2.05) is 6.07 Å². The van der Waals surface area contributed by atoms with Crippen molar-refractivity contribution in [2.75, 3.05) is 0 Å². The van der Waals surface area contributed by atoms with Gasteiger partial charge in [-0.3, -0.25) is 4.98 Å². The van der Waals surface area contributed by atoms with Gasteiger partial charge in [0, 0.05) is 16.2 Å². The number of fused-ring (bicyclic) bond motifs is 1. The second-order valence-electron chi connectivity index (χ2n) is 8.94. The number of aromatic nitrogens is 1. The maximum absolute atomic E-state index is 4.85. The van der Waals surface area contributed by atoms with Crippen molar-refractivity contribution in [2.24, 2.45) is 0 Å². The van der Waals surface area contributed by atoms with Crippen LogP contribution in [-0.2, 0) is 10.8 Å². The Morgan fingerprint density at radius 1 is 0.778 bits per heavy atom. The van der Waals surface area contributed by atoms with Gasteiger partial charge in [-0.1, -0.05) is 86.1 Å². The van der Waals surface area contributed by atoms with Gasteiger partial charge in [-0.15, -0.1) is 0 Å². The van der Waals surface area contributed by atoms with E-state index in [1.54, 1.807) is 0 Å². The van der Waals surface area contributed by atoms with Gasteiger partial charge in [-0.05, 0) is 58.1 Å². The van der Waals surface area contributed by atoms with Crippen LogP contribution in [0.5, 0.6) is 0 Å². The minimum Gasteiger partial charge on any atom is -0.256 e. The van der Waals surface area contributed by atoms with E-state index in [0.29, 0.717) is 0 Å². The standard InChI is InChI=1S/C25H26BrN/c1-24(2)12-13-25(3,4)21-16-27-23(15-20(21)24)18-10-11-19(22(26)14-18)17-8-6-5-7-9-17/h5-11,14-16H,12-13H2,1-4H3. The fraction of sp³-hybridized carbons (Fsp3) is 0.320. The molecule has 2 heteroatoms. The fourth-order valence-electron chi connectivity index (χ4n) is 4.13. The molecule has 0 aliphatic heterocycles. The van der Waals surface area contributed by atoms with Crippen molar-refractivity contribution in [2.45, 2.75) is 51.4 Å². The van der Waals surface area contributed by atoms with E-state index in [-0.39, 0.29) is 10.8 Å². The molecule has 0 unspecified atom stereocenters. The first-order chi connectivity index (χ1) is 12.8. The molecule has 138 valence electrons. The molecule has 0 N–H and O–H groups in total. The van der Waals surface area contributed by atoms with Gasteiger partial charge in [0.05, 0.1) is 5.69 Å². The summed E-state index contributed by atoms with van der Waals surface area (Å²) in [5.41, 5.74) is 7.89. The zero-order chi connectivity index (χ0) is 19.2. The number of benzene rings is 2. The molecule has 0 saturated carbocycles. The highest BCUT2D eigenvalue weighted by atomic mass is 79.9. The molecule has 3 aromatic rings. The SMILES string of the molecule is CC1(C)CCC(C)(C)c2cc(-c3ccc(-c4ccccc4)c(Br)c3)ncc21. The normalized spacial score (nSPS) is 17.4. The number of hydrogen-bond donors (Lipinski definition) is 0. The van der Waals surface area contributed by atoms with Crippen molar-refractivity contribution in [3.8, 4) is 22.4 Å². The molecule has 0 fully saturated rings. The van der Waals surface area contributed by atoms with E-state index >= 15 is 0 Å². The van der Waals surface area contributed by atoms with Crippen molar-refractivity contribution in [1.82, 2.24) is 4.98 Å². The topological polar surface area (TPSA) is 12.9 Å². The molecule has 1 nitrogen and oxygen atoms in total. The first-order valence-electron chi connectivity index (χ1n) is 9.64. The van der Waals surface area contributed by atoms with Gasteiger partial charge in [0.1, 0.15) is 0 Å². The summed E-state index contributed by atoms with van der Waals surface area (Å²) < 4.78 is 1.10. The van der Waals surface area contributed by atoms with Crippen molar-refractivity contribution >= 4 is 15.9 Å². The minimum atomic E-state index is 0.198. The summed E-state index contributed by atoms with van der Waals surface area (Å²) in [6.45, 7) is 9.40. The average molecular weight is 420 g/mol. The lowest BCUT2D eigenvalue weighted by Crippen LogP contribution is -2.34. The molecule has 1 aliphatic carbocycles. The van der Waals surface area contributed by atoms with Crippen LogP contribution < -0.4 is 0 Å². The van der Waals surface area contributed by atoms with Crippen LogP contribution in [-0.4, -0.2) is 4.98 Å². The van der Waals surface area contributed by atoms with E-state index in [1.165, 1.54) is 35.1 Å². The Morgan fingerprint density at radius 3 is 2.11 bits per heavy atom. The van der Waals surface area contributed by atoms with E-state index in [4.69, 9.17) is 4.98 Å². The van der Waals surface area contributed by atoms with Crippen LogP contribution in [0.25, 0.3) is 22.4 Å². The quantitative estimate of drug-likeness (QED) is 0.418. The number of rotatable bonds is 2. The zero-order valence-electron chi connectivity index (χ0n) is 16.5. The van der Waals surface area contributed by atoms with Gasteiger partial charge < -0.3 is 0 Å². The van der Waals surface area contributed by atoms with Crippen molar-refractivity contribution in [1.29, 1.82) is 0 Å². The maximum atomic E-state index is 4.85. The van der Waals surface area contributed by atoms with Gasteiger partial charge in [-0.25, -0.2) is 0 Å². The van der Waals surface area contributed by atoms with E-state index in [2.05, 4.69) is 98.4 Å². The molecule has 0 radical (unpaired) electrons. The summed E-state index contributed by atoms with van der Waals surface area (Å²) in [6.07, 6.45) is 4.54. The Balaban J connectivity index is 1.78. The molecular formula is C25H26BrN. The van der Waals surface area contributed by atoms with Crippen LogP contribution in [0.3, 0.4) is 0 Å². The van der Waals surface area contributed by atoms with E-state index in [9.17, 15) is 0 Å². The molecule has 0 saturated heterocycles. The lowest BCUT2D eigenvalue weighted by atomic mass is 9.63. The smallest absolute Gasteiger partial charge is 0.0705 e. The molecule has 1 aliphatic rings. The van der Waals surface area contributed by atoms with Crippen molar-refractivity contribution in [3.63, 3.8) is 0 Å². The van der Waals surface area contributed by atoms with Crippen LogP contribution in [0.15, 0.2) is 65.3 Å². The summed E-state index contributed by atoms with van der Waals surface area (Å²) in [6, 6.07) is 19.4. The molecule has 0 spiro atoms. The Bertz CT molecular complexity index is 986. The third-order valence-electron chi connectivity index (χ3n) is 6.09. The van der Waals surface area contributed by atoms with Crippen molar-refractivity contribution < 1.29 is 0 Å². The number of nitrogens with zero attached hydrogens (tertiary/aromatic N) is 1. The zero-order valence-corrected chi connectivity index (χ0v) is 18.1. The molecule has 1 heterocycles. The van der Waals surface area contributed by atoms with Crippen LogP contribution in [0, 0.1) is 0 Å². The highest BCUT2D eigenvalue weighted by molar-refractivity contribution is 9.10. The fourth-order valence-corrected chi connectivity index (χ4v) is 4.74. The lowest BCUT2D eigenvalue weighted by molar-refractivity contribution is 0.331. The third kappa shape index (κ3) is 3.36. The third-order valence-corrected chi connectivity index (χ3v) is 6.74. The molecule has 0 amide bonds. The first-order valence-corrected chi connectivity index (χ1v) is 10.4. The number of hydrogen-bond acceptors (Lipinski definition) is 1. The van der Waals surface area contributed by atoms with Gasteiger partial charge in [0.25, 0.3) is 0 Å². The summed E-state index contributed by atoms with van der Waals surface area (Å²) in [5, 5.41) is 0. The van der Waals surface area contributed by atoms with Crippen LogP contribution in [0.4, 0.5) is 0 Å². The second-order valence-corrected chi connectivity index (χ2v) is 9.80. The van der Waals surface area contributed by atoms with Crippen LogP contribution in [0.1, 0.15) is 51.7 Å². The molecular weight excluding hydrogens is 394 g/mol. The summed E-state index contributed by atoms with van der Waals surface area (Å²) in [4.78, 5) is 4.85. The monoisotopic (exact) mass is 419 g/mol. The van der Waals surface area contributed by atoms with E-state index < -0.39 is 0 Å². The predicted octanol–water partition coefficient (Wildman–Crippen LogP) is 7.53. The molecule has 0 bridgehead atoms. The number of halogens is 1. The Morgan fingerprint density at radius 2 is 1.44 bits per heavy atom. The highest BCUT2D eigenvalue weighted by Gasteiger charge is 2.37. The lowest BCUT2D eigenvalue weighted by Gasteiger charge is -2.41. The average Bonchev–Trinajstić information content (AvgIpc) is 2.66. The second kappa shape index (κ2) is 6.60. The first kappa shape index (κ1) is 18.4. The largest absolute Gasteiger partial charge is 0.256 e. The molecule has 27 heavy (non-hydrogen) atoms. The Hall–Kier alpha value is -1.93. The van der Waals surface area contributed by atoms with Crippen LogP contribution in [0.2, 0.25) is 0 Å². The predicted molar refractivity (Wildman–Crippen MR) is 118 cm³/mol. The highest BCUT2D eigenvalue weighted by Crippen LogP contribution is 2.46.